The number of hydrogen-bond acceptors (Lipinski definition) is 3. The van der Waals surface area contributed by atoms with Crippen molar-refractivity contribution in [2.75, 3.05) is 13.2 Å². The topological polar surface area (TPSA) is 58.6 Å². The summed E-state index contributed by atoms with van der Waals surface area (Å²) < 4.78 is 5.75. The maximum atomic E-state index is 13.1. The molecule has 1 atom stereocenters. The molecule has 0 bridgehead atoms. The van der Waals surface area contributed by atoms with Gasteiger partial charge >= 0.3 is 0 Å². The van der Waals surface area contributed by atoms with Crippen LogP contribution in [0, 0.1) is 13.8 Å². The van der Waals surface area contributed by atoms with Gasteiger partial charge in [0.25, 0.3) is 5.91 Å². The summed E-state index contributed by atoms with van der Waals surface area (Å²) in [5.41, 5.74) is 3.27. The third-order valence-electron chi connectivity index (χ3n) is 4.97. The van der Waals surface area contributed by atoms with Gasteiger partial charge in [0.05, 0.1) is 0 Å². The van der Waals surface area contributed by atoms with Gasteiger partial charge in [-0.3, -0.25) is 9.59 Å². The Balaban J connectivity index is 2.16. The summed E-state index contributed by atoms with van der Waals surface area (Å²) in [6.07, 6.45) is 1.39. The highest BCUT2D eigenvalue weighted by Gasteiger charge is 2.28. The van der Waals surface area contributed by atoms with Crippen molar-refractivity contribution in [3.05, 3.63) is 65.2 Å². The van der Waals surface area contributed by atoms with E-state index in [2.05, 4.69) is 5.32 Å². The fourth-order valence-electron chi connectivity index (χ4n) is 3.10. The summed E-state index contributed by atoms with van der Waals surface area (Å²) >= 11 is 0. The number of carbonyl (C=O) groups is 2. The summed E-state index contributed by atoms with van der Waals surface area (Å²) in [4.78, 5) is 27.4. The molecular weight excluding hydrogens is 364 g/mol. The maximum absolute atomic E-state index is 13.1. The van der Waals surface area contributed by atoms with E-state index in [0.29, 0.717) is 25.3 Å². The molecule has 0 saturated carbocycles. The van der Waals surface area contributed by atoms with Crippen LogP contribution in [0.4, 0.5) is 0 Å². The second kappa shape index (κ2) is 11.2. The quantitative estimate of drug-likeness (QED) is 0.660. The molecule has 0 aliphatic rings. The van der Waals surface area contributed by atoms with Gasteiger partial charge in [0, 0.05) is 13.1 Å². The van der Waals surface area contributed by atoms with E-state index >= 15 is 0 Å². The van der Waals surface area contributed by atoms with Crippen LogP contribution in [-0.2, 0) is 16.1 Å². The first-order chi connectivity index (χ1) is 14.0. The van der Waals surface area contributed by atoms with Gasteiger partial charge in [-0.25, -0.2) is 0 Å². The summed E-state index contributed by atoms with van der Waals surface area (Å²) in [7, 11) is 0. The van der Waals surface area contributed by atoms with Gasteiger partial charge < -0.3 is 15.0 Å². The van der Waals surface area contributed by atoms with Crippen molar-refractivity contribution in [3.63, 3.8) is 0 Å². The van der Waals surface area contributed by atoms with E-state index in [1.807, 2.05) is 76.2 Å². The number of amides is 2. The summed E-state index contributed by atoms with van der Waals surface area (Å²) in [5.74, 6) is 0.333. The van der Waals surface area contributed by atoms with E-state index in [9.17, 15) is 9.59 Å². The molecule has 0 radical (unpaired) electrons. The molecule has 2 rings (SSSR count). The van der Waals surface area contributed by atoms with Crippen LogP contribution in [0.1, 0.15) is 43.4 Å². The maximum Gasteiger partial charge on any atom is 0.261 e. The molecular formula is C24H32N2O3. The first kappa shape index (κ1) is 22.5. The average Bonchev–Trinajstić information content (AvgIpc) is 2.73. The Morgan fingerprint density at radius 1 is 1.03 bits per heavy atom. The number of nitrogens with zero attached hydrogens (tertiary/aromatic N) is 1. The largest absolute Gasteiger partial charge is 0.484 e. The average molecular weight is 397 g/mol. The Hall–Kier alpha value is -2.82. The van der Waals surface area contributed by atoms with Crippen molar-refractivity contribution in [1.29, 1.82) is 0 Å². The van der Waals surface area contributed by atoms with Gasteiger partial charge in [0.2, 0.25) is 5.91 Å². The van der Waals surface area contributed by atoms with Crippen LogP contribution >= 0.6 is 0 Å². The lowest BCUT2D eigenvalue weighted by molar-refractivity contribution is -0.143. The number of benzene rings is 2. The SMILES string of the molecule is CCCNC(=O)[C@H](CC)N(Cc1ccccc1)C(=O)COc1ccc(C)c(C)c1. The predicted molar refractivity (Wildman–Crippen MR) is 116 cm³/mol. The van der Waals surface area contributed by atoms with Gasteiger partial charge in [-0.15, -0.1) is 0 Å². The molecule has 0 heterocycles. The van der Waals surface area contributed by atoms with Gasteiger partial charge in [0.15, 0.2) is 6.61 Å². The van der Waals surface area contributed by atoms with Crippen molar-refractivity contribution >= 4 is 11.8 Å². The van der Waals surface area contributed by atoms with Gasteiger partial charge in [0.1, 0.15) is 11.8 Å². The molecule has 5 nitrogen and oxygen atoms in total. The second-order valence-corrected chi connectivity index (χ2v) is 7.26. The molecule has 0 fully saturated rings. The Morgan fingerprint density at radius 2 is 1.76 bits per heavy atom. The minimum Gasteiger partial charge on any atom is -0.484 e. The lowest BCUT2D eigenvalue weighted by Crippen LogP contribution is -2.50. The molecule has 0 saturated heterocycles. The number of aryl methyl sites for hydroxylation is 2. The minimum atomic E-state index is -0.530. The zero-order valence-electron chi connectivity index (χ0n) is 17.9. The van der Waals surface area contributed by atoms with E-state index < -0.39 is 6.04 Å². The van der Waals surface area contributed by atoms with Crippen LogP contribution in [0.2, 0.25) is 0 Å². The number of hydrogen-bond donors (Lipinski definition) is 1. The Morgan fingerprint density at radius 3 is 2.38 bits per heavy atom. The number of ether oxygens (including phenoxy) is 1. The highest BCUT2D eigenvalue weighted by molar-refractivity contribution is 5.88. The Bertz CT molecular complexity index is 805. The van der Waals surface area contributed by atoms with Crippen molar-refractivity contribution < 1.29 is 14.3 Å². The van der Waals surface area contributed by atoms with Crippen molar-refractivity contribution in [2.24, 2.45) is 0 Å². The molecule has 2 aromatic carbocycles. The normalized spacial score (nSPS) is 11.6. The Kier molecular flexibility index (Phi) is 8.71. The summed E-state index contributed by atoms with van der Waals surface area (Å²) in [6.45, 7) is 8.84. The fraction of sp³-hybridized carbons (Fsp3) is 0.417. The minimum absolute atomic E-state index is 0.104. The third-order valence-corrected chi connectivity index (χ3v) is 4.97. The molecule has 29 heavy (non-hydrogen) atoms. The number of nitrogens with one attached hydrogen (secondary N) is 1. The highest BCUT2D eigenvalue weighted by atomic mass is 16.5. The zero-order chi connectivity index (χ0) is 21.2. The monoisotopic (exact) mass is 396 g/mol. The molecule has 0 unspecified atom stereocenters. The molecule has 5 heteroatoms. The first-order valence-corrected chi connectivity index (χ1v) is 10.3. The van der Waals surface area contributed by atoms with Crippen LogP contribution in [0.5, 0.6) is 5.75 Å². The molecule has 156 valence electrons. The summed E-state index contributed by atoms with van der Waals surface area (Å²) in [5, 5.41) is 2.92. The molecule has 0 spiro atoms. The molecule has 0 aliphatic carbocycles. The van der Waals surface area contributed by atoms with E-state index in [1.54, 1.807) is 4.90 Å². The Labute approximate surface area is 174 Å². The third kappa shape index (κ3) is 6.63. The fourth-order valence-corrected chi connectivity index (χ4v) is 3.10. The van der Waals surface area contributed by atoms with Crippen LogP contribution in [0.3, 0.4) is 0 Å². The van der Waals surface area contributed by atoms with Crippen LogP contribution in [0.25, 0.3) is 0 Å². The number of carbonyl (C=O) groups excluding carboxylic acids is 2. The summed E-state index contributed by atoms with van der Waals surface area (Å²) in [6, 6.07) is 15.0. The molecule has 0 aliphatic heterocycles. The van der Waals surface area contributed by atoms with Crippen LogP contribution in [-0.4, -0.2) is 35.9 Å². The highest BCUT2D eigenvalue weighted by Crippen LogP contribution is 2.17. The zero-order valence-corrected chi connectivity index (χ0v) is 17.9. The predicted octanol–water partition coefficient (Wildman–Crippen LogP) is 4.02. The van der Waals surface area contributed by atoms with Crippen molar-refractivity contribution in [3.8, 4) is 5.75 Å². The van der Waals surface area contributed by atoms with Gasteiger partial charge in [-0.05, 0) is 55.5 Å². The van der Waals surface area contributed by atoms with Crippen LogP contribution < -0.4 is 10.1 Å². The van der Waals surface area contributed by atoms with E-state index in [-0.39, 0.29) is 18.4 Å². The standard InChI is InChI=1S/C24H32N2O3/c1-5-14-25-24(28)22(6-2)26(16-20-10-8-7-9-11-20)23(27)17-29-21-13-12-18(3)19(4)15-21/h7-13,15,22H,5-6,14,16-17H2,1-4H3,(H,25,28)/t22-/m0/s1. The first-order valence-electron chi connectivity index (χ1n) is 10.3. The molecule has 0 aromatic heterocycles. The van der Waals surface area contributed by atoms with Gasteiger partial charge in [-0.1, -0.05) is 50.2 Å². The van der Waals surface area contributed by atoms with E-state index in [1.165, 1.54) is 5.56 Å². The van der Waals surface area contributed by atoms with Crippen molar-refractivity contribution in [1.82, 2.24) is 10.2 Å². The molecule has 2 aromatic rings. The number of rotatable bonds is 10. The lowest BCUT2D eigenvalue weighted by Gasteiger charge is -2.30. The molecule has 2 amide bonds. The van der Waals surface area contributed by atoms with Crippen LogP contribution in [0.15, 0.2) is 48.5 Å². The lowest BCUT2D eigenvalue weighted by atomic mass is 10.1. The van der Waals surface area contributed by atoms with E-state index in [4.69, 9.17) is 4.74 Å². The second-order valence-electron chi connectivity index (χ2n) is 7.26. The molecule has 1 N–H and O–H groups in total. The van der Waals surface area contributed by atoms with Crippen molar-refractivity contribution in [2.45, 2.75) is 53.1 Å². The van der Waals surface area contributed by atoms with E-state index in [0.717, 1.165) is 17.5 Å². The van der Waals surface area contributed by atoms with Gasteiger partial charge in [-0.2, -0.15) is 0 Å². The smallest absolute Gasteiger partial charge is 0.261 e.